The van der Waals surface area contributed by atoms with Crippen LogP contribution in [-0.4, -0.2) is 54.3 Å². The molecule has 0 bridgehead atoms. The van der Waals surface area contributed by atoms with E-state index in [1.165, 1.54) is 5.69 Å². The van der Waals surface area contributed by atoms with Crippen LogP contribution in [0.4, 0.5) is 5.69 Å². The molecule has 2 aliphatic heterocycles. The van der Waals surface area contributed by atoms with Crippen molar-refractivity contribution < 1.29 is 9.53 Å². The highest BCUT2D eigenvalue weighted by Crippen LogP contribution is 2.33. The minimum Gasteiger partial charge on any atom is -0.488 e. The van der Waals surface area contributed by atoms with E-state index in [2.05, 4.69) is 51.0 Å². The molecule has 0 aliphatic carbocycles. The predicted molar refractivity (Wildman–Crippen MR) is 122 cm³/mol. The molecule has 8 heteroatoms. The number of amides is 1. The normalized spacial score (nSPS) is 19.6. The number of rotatable bonds is 5. The first-order chi connectivity index (χ1) is 15.6. The highest BCUT2D eigenvalue weighted by atomic mass is 16.5. The number of benzene rings is 1. The minimum atomic E-state index is -0.176. The number of ether oxygens (including phenoxy) is 1. The number of aromatic nitrogens is 2. The highest BCUT2D eigenvalue weighted by Gasteiger charge is 2.29. The molecular formula is C24H26N6O2. The van der Waals surface area contributed by atoms with Gasteiger partial charge in [0, 0.05) is 62.5 Å². The number of pyridine rings is 1. The number of nitrogens with zero attached hydrogens (tertiary/aromatic N) is 4. The summed E-state index contributed by atoms with van der Waals surface area (Å²) in [7, 11) is 0. The van der Waals surface area contributed by atoms with E-state index in [0.29, 0.717) is 29.8 Å². The van der Waals surface area contributed by atoms with Crippen LogP contribution in [-0.2, 0) is 4.79 Å². The zero-order chi connectivity index (χ0) is 22.1. The number of anilines is 1. The van der Waals surface area contributed by atoms with Gasteiger partial charge in [0.15, 0.2) is 0 Å². The van der Waals surface area contributed by atoms with Gasteiger partial charge in [-0.15, -0.1) is 0 Å². The molecule has 1 aromatic carbocycles. The fourth-order valence-electron chi connectivity index (χ4n) is 4.46. The van der Waals surface area contributed by atoms with Gasteiger partial charge in [-0.1, -0.05) is 12.1 Å². The fraction of sp³-hybridized carbons (Fsp3) is 0.375. The number of piperazine rings is 1. The van der Waals surface area contributed by atoms with Crippen molar-refractivity contribution in [1.29, 1.82) is 5.26 Å². The predicted octanol–water partition coefficient (Wildman–Crippen LogP) is 2.19. The molecule has 2 aliphatic rings. The van der Waals surface area contributed by atoms with Crippen LogP contribution in [0, 0.1) is 17.2 Å². The number of carbonyl (C=O) groups excluding carboxylic acids is 1. The van der Waals surface area contributed by atoms with Crippen LogP contribution in [0.5, 0.6) is 5.75 Å². The number of hydrogen-bond acceptors (Lipinski definition) is 6. The largest absolute Gasteiger partial charge is 0.488 e. The first kappa shape index (κ1) is 20.3. The lowest BCUT2D eigenvalue weighted by Crippen LogP contribution is -2.43. The Balaban J connectivity index is 1.47. The average molecular weight is 431 g/mol. The van der Waals surface area contributed by atoms with E-state index in [4.69, 9.17) is 4.74 Å². The Hall–Kier alpha value is -3.57. The highest BCUT2D eigenvalue weighted by molar-refractivity contribution is 5.78. The first-order valence-electron chi connectivity index (χ1n) is 11.0. The van der Waals surface area contributed by atoms with Crippen molar-refractivity contribution in [2.45, 2.75) is 19.4 Å². The molecular weight excluding hydrogens is 404 g/mol. The van der Waals surface area contributed by atoms with Crippen molar-refractivity contribution in [3.05, 3.63) is 48.3 Å². The molecule has 0 spiro atoms. The molecule has 3 aromatic rings. The van der Waals surface area contributed by atoms with E-state index in [0.717, 1.165) is 37.3 Å². The number of nitriles is 1. The lowest BCUT2D eigenvalue weighted by atomic mass is 10.0. The second-order valence-electron chi connectivity index (χ2n) is 8.43. The molecule has 32 heavy (non-hydrogen) atoms. The van der Waals surface area contributed by atoms with E-state index in [1.54, 1.807) is 10.7 Å². The van der Waals surface area contributed by atoms with E-state index >= 15 is 0 Å². The number of nitrogens with one attached hydrogen (secondary N) is 2. The van der Waals surface area contributed by atoms with Crippen molar-refractivity contribution in [1.82, 2.24) is 20.2 Å². The molecule has 2 fully saturated rings. The summed E-state index contributed by atoms with van der Waals surface area (Å²) in [4.78, 5) is 14.0. The van der Waals surface area contributed by atoms with Crippen LogP contribution in [0.25, 0.3) is 16.6 Å². The molecule has 4 heterocycles. The van der Waals surface area contributed by atoms with Gasteiger partial charge in [0.2, 0.25) is 5.91 Å². The summed E-state index contributed by atoms with van der Waals surface area (Å²) in [5.41, 5.74) is 4.34. The van der Waals surface area contributed by atoms with Gasteiger partial charge < -0.3 is 20.3 Å². The Morgan fingerprint density at radius 3 is 2.69 bits per heavy atom. The average Bonchev–Trinajstić information content (AvgIpc) is 3.46. The van der Waals surface area contributed by atoms with Gasteiger partial charge >= 0.3 is 0 Å². The fourth-order valence-corrected chi connectivity index (χ4v) is 4.46. The summed E-state index contributed by atoms with van der Waals surface area (Å²) in [5, 5.41) is 20.2. The zero-order valence-corrected chi connectivity index (χ0v) is 18.0. The van der Waals surface area contributed by atoms with Gasteiger partial charge in [0.1, 0.15) is 29.0 Å². The maximum Gasteiger partial charge on any atom is 0.220 e. The molecule has 1 amide bonds. The summed E-state index contributed by atoms with van der Waals surface area (Å²) in [5.74, 6) is 0.753. The maximum atomic E-state index is 11.6. The van der Waals surface area contributed by atoms with Gasteiger partial charge in [-0.2, -0.15) is 10.4 Å². The van der Waals surface area contributed by atoms with Crippen molar-refractivity contribution in [3.8, 4) is 22.9 Å². The number of fused-ring (bicyclic) bond motifs is 1. The topological polar surface area (TPSA) is 94.7 Å². The number of hydrogen-bond donors (Lipinski definition) is 2. The molecule has 8 nitrogen and oxygen atoms in total. The van der Waals surface area contributed by atoms with Gasteiger partial charge in [-0.25, -0.2) is 4.52 Å². The monoisotopic (exact) mass is 430 g/mol. The van der Waals surface area contributed by atoms with Crippen molar-refractivity contribution in [2.24, 2.45) is 5.92 Å². The Morgan fingerprint density at radius 2 is 2.00 bits per heavy atom. The quantitative estimate of drug-likeness (QED) is 0.644. The van der Waals surface area contributed by atoms with E-state index in [-0.39, 0.29) is 17.9 Å². The second kappa shape index (κ2) is 8.52. The molecule has 0 radical (unpaired) electrons. The summed E-state index contributed by atoms with van der Waals surface area (Å²) >= 11 is 0. The van der Waals surface area contributed by atoms with E-state index in [1.807, 2.05) is 19.2 Å². The Labute approximate surface area is 186 Å². The molecule has 164 valence electrons. The van der Waals surface area contributed by atoms with E-state index in [9.17, 15) is 10.1 Å². The van der Waals surface area contributed by atoms with Crippen molar-refractivity contribution in [3.63, 3.8) is 0 Å². The Morgan fingerprint density at radius 1 is 1.22 bits per heavy atom. The zero-order valence-electron chi connectivity index (χ0n) is 18.0. The van der Waals surface area contributed by atoms with Crippen LogP contribution >= 0.6 is 0 Å². The molecule has 2 aromatic heterocycles. The summed E-state index contributed by atoms with van der Waals surface area (Å²) in [6, 6.07) is 12.7. The van der Waals surface area contributed by atoms with Crippen LogP contribution < -0.4 is 20.3 Å². The van der Waals surface area contributed by atoms with Crippen molar-refractivity contribution >= 4 is 17.1 Å². The minimum absolute atomic E-state index is 0.0518. The summed E-state index contributed by atoms with van der Waals surface area (Å²) < 4.78 is 8.03. The van der Waals surface area contributed by atoms with Gasteiger partial charge in [-0.3, -0.25) is 4.79 Å². The third-order valence-corrected chi connectivity index (χ3v) is 6.37. The first-order valence-corrected chi connectivity index (χ1v) is 11.0. The maximum absolute atomic E-state index is 11.6. The molecule has 2 N–H and O–H groups in total. The third kappa shape index (κ3) is 3.87. The standard InChI is InChI=1S/C24H26N6O2/c1-16(18-11-23(31)27-13-18)32-22-10-19(15-30-24(22)20(12-25)14-28-30)17-2-4-21(5-3-17)29-8-6-26-7-9-29/h2-5,10,14-16,18,26H,6-9,11,13H2,1H3,(H,27,31)/t16-,18?/m1/s1. The smallest absolute Gasteiger partial charge is 0.220 e. The van der Waals surface area contributed by atoms with Crippen LogP contribution in [0.3, 0.4) is 0 Å². The van der Waals surface area contributed by atoms with Crippen LogP contribution in [0.2, 0.25) is 0 Å². The molecule has 0 saturated carbocycles. The lowest BCUT2D eigenvalue weighted by molar-refractivity contribution is -0.119. The Bertz CT molecular complexity index is 1170. The van der Waals surface area contributed by atoms with Gasteiger partial charge in [0.05, 0.1) is 6.20 Å². The van der Waals surface area contributed by atoms with Gasteiger partial charge in [0.25, 0.3) is 0 Å². The van der Waals surface area contributed by atoms with Gasteiger partial charge in [-0.05, 0) is 30.7 Å². The van der Waals surface area contributed by atoms with Crippen LogP contribution in [0.15, 0.2) is 42.7 Å². The third-order valence-electron chi connectivity index (χ3n) is 6.37. The molecule has 2 atom stereocenters. The molecule has 5 rings (SSSR count). The van der Waals surface area contributed by atoms with Crippen molar-refractivity contribution in [2.75, 3.05) is 37.6 Å². The Kier molecular flexibility index (Phi) is 5.41. The van der Waals surface area contributed by atoms with E-state index < -0.39 is 0 Å². The molecule has 1 unspecified atom stereocenters. The second-order valence-corrected chi connectivity index (χ2v) is 8.43. The lowest BCUT2D eigenvalue weighted by Gasteiger charge is -2.29. The van der Waals surface area contributed by atoms with Crippen LogP contribution in [0.1, 0.15) is 18.9 Å². The molecule has 2 saturated heterocycles. The SMILES string of the molecule is C[C@@H](Oc1cc(-c2ccc(N3CCNCC3)cc2)cn2ncc(C#N)c12)C1CNC(=O)C1. The number of carbonyl (C=O) groups is 1. The summed E-state index contributed by atoms with van der Waals surface area (Å²) in [6.07, 6.45) is 3.76. The summed E-state index contributed by atoms with van der Waals surface area (Å²) in [6.45, 7) is 6.58.